The molecule has 200 valence electrons. The number of aromatic nitrogens is 1. The molecule has 4 aromatic carbocycles. The van der Waals surface area contributed by atoms with Crippen LogP contribution in [0.15, 0.2) is 102 Å². The molecule has 2 heterocycles. The van der Waals surface area contributed by atoms with E-state index >= 15 is 0 Å². The van der Waals surface area contributed by atoms with Gasteiger partial charge in [0.15, 0.2) is 6.20 Å². The summed E-state index contributed by atoms with van der Waals surface area (Å²) in [6.07, 6.45) is 7.46. The second kappa shape index (κ2) is 10.4. The molecule has 0 radical (unpaired) electrons. The molecule has 2 aromatic heterocycles. The summed E-state index contributed by atoms with van der Waals surface area (Å²) in [6, 6.07) is 33.7. The van der Waals surface area contributed by atoms with Gasteiger partial charge in [-0.25, -0.2) is 4.57 Å². The van der Waals surface area contributed by atoms with Gasteiger partial charge in [0.2, 0.25) is 5.69 Å². The van der Waals surface area contributed by atoms with Crippen molar-refractivity contribution >= 4 is 21.9 Å². The largest absolute Gasteiger partial charge is 0.454 e. The molecule has 0 bridgehead atoms. The smallest absolute Gasteiger partial charge is 0.216 e. The second-order valence-electron chi connectivity index (χ2n) is 11.2. The summed E-state index contributed by atoms with van der Waals surface area (Å²) in [5, 5.41) is 12.2. The third-order valence-electron chi connectivity index (χ3n) is 8.71. The second-order valence-corrected chi connectivity index (χ2v) is 11.2. The van der Waals surface area contributed by atoms with Gasteiger partial charge in [-0.15, -0.1) is 0 Å². The third-order valence-corrected chi connectivity index (χ3v) is 8.71. The molecule has 3 heteroatoms. The summed E-state index contributed by atoms with van der Waals surface area (Å²) >= 11 is 0. The number of pyridine rings is 1. The molecular formula is C38H33N2O+. The average molecular weight is 535 g/mol. The first kappa shape index (κ1) is 24.1. The first-order valence-corrected chi connectivity index (χ1v) is 14.5. The highest BCUT2D eigenvalue weighted by molar-refractivity contribution is 6.14. The van der Waals surface area contributed by atoms with E-state index in [1.807, 2.05) is 37.5 Å². The van der Waals surface area contributed by atoms with Gasteiger partial charge in [-0.1, -0.05) is 79.9 Å². The number of fused-ring (bicyclic) bond motifs is 3. The minimum atomic E-state index is -0.449. The minimum absolute atomic E-state index is 0.449. The van der Waals surface area contributed by atoms with Crippen LogP contribution in [0.4, 0.5) is 0 Å². The molecular weight excluding hydrogens is 500 g/mol. The van der Waals surface area contributed by atoms with Crippen LogP contribution in [0, 0.1) is 18.3 Å². The fourth-order valence-electron chi connectivity index (χ4n) is 6.48. The fraction of sp³-hybridized carbons (Fsp3) is 0.211. The number of hydrogen-bond acceptors (Lipinski definition) is 2. The number of nitrogens with zero attached hydrogens (tertiary/aromatic N) is 2. The van der Waals surface area contributed by atoms with Crippen LogP contribution in [0.25, 0.3) is 55.4 Å². The monoisotopic (exact) mass is 534 g/mol. The number of furan rings is 1. The summed E-state index contributed by atoms with van der Waals surface area (Å²) in [5.74, 6) is -0.449. The molecule has 1 saturated carbocycles. The molecule has 0 atom stereocenters. The Morgan fingerprint density at radius 2 is 1.39 bits per heavy atom. The molecule has 0 unspecified atom stereocenters. The Kier molecular flexibility index (Phi) is 6.11. The van der Waals surface area contributed by atoms with E-state index in [0.29, 0.717) is 5.56 Å². The Morgan fingerprint density at radius 3 is 2.07 bits per heavy atom. The van der Waals surface area contributed by atoms with Crippen molar-refractivity contribution in [3.63, 3.8) is 0 Å². The standard InChI is InChI=1S/C38H33N2O/c1-25-11-21-32-33-22-20-31(24-39)36(38(33)41-37(32)35(25)34-10-6-7-23-40(34)2)30-18-16-29(17-19-30)28-14-12-27(13-15-28)26-8-4-3-5-9-26/h6-7,10-23,26H,3-5,8-9H2,1-2H3/q+1/i26D. The molecule has 1 fully saturated rings. The molecule has 0 saturated heterocycles. The summed E-state index contributed by atoms with van der Waals surface area (Å²) in [7, 11) is 2.05. The zero-order valence-electron chi connectivity index (χ0n) is 24.6. The maximum Gasteiger partial charge on any atom is 0.216 e. The summed E-state index contributed by atoms with van der Waals surface area (Å²) in [5.41, 5.74) is 10.6. The number of benzene rings is 4. The number of hydrogen-bond donors (Lipinski definition) is 0. The van der Waals surface area contributed by atoms with Crippen LogP contribution in [-0.2, 0) is 7.05 Å². The molecule has 0 N–H and O–H groups in total. The lowest BCUT2D eigenvalue weighted by Crippen LogP contribution is -2.30. The van der Waals surface area contributed by atoms with Crippen molar-refractivity contribution in [2.45, 2.75) is 44.9 Å². The molecule has 0 spiro atoms. The third kappa shape index (κ3) is 4.41. The fourth-order valence-corrected chi connectivity index (χ4v) is 6.48. The average Bonchev–Trinajstić information content (AvgIpc) is 3.40. The summed E-state index contributed by atoms with van der Waals surface area (Å²) in [6.45, 7) is 2.11. The maximum absolute atomic E-state index is 10.1. The van der Waals surface area contributed by atoms with Crippen LogP contribution in [0.2, 0.25) is 0 Å². The molecule has 7 rings (SSSR count). The van der Waals surface area contributed by atoms with Crippen LogP contribution in [-0.4, -0.2) is 0 Å². The van der Waals surface area contributed by atoms with E-state index in [4.69, 9.17) is 5.79 Å². The van der Waals surface area contributed by atoms with Crippen LogP contribution in [0.5, 0.6) is 0 Å². The molecule has 6 aromatic rings. The molecule has 41 heavy (non-hydrogen) atoms. The van der Waals surface area contributed by atoms with Gasteiger partial charge in [0.25, 0.3) is 0 Å². The van der Waals surface area contributed by atoms with Crippen LogP contribution in [0.3, 0.4) is 0 Å². The number of rotatable bonds is 4. The Labute approximate surface area is 242 Å². The molecule has 0 amide bonds. The number of nitriles is 1. The minimum Gasteiger partial charge on any atom is -0.454 e. The lowest BCUT2D eigenvalue weighted by Gasteiger charge is -2.22. The Bertz CT molecular complexity index is 1990. The van der Waals surface area contributed by atoms with E-state index in [1.165, 1.54) is 6.42 Å². The van der Waals surface area contributed by atoms with Crippen molar-refractivity contribution in [1.29, 1.82) is 5.26 Å². The molecule has 1 aliphatic carbocycles. The molecule has 0 aliphatic heterocycles. The van der Waals surface area contributed by atoms with Crippen LogP contribution >= 0.6 is 0 Å². The van der Waals surface area contributed by atoms with Gasteiger partial charge in [-0.05, 0) is 71.7 Å². The maximum atomic E-state index is 10.1. The predicted molar refractivity (Wildman–Crippen MR) is 166 cm³/mol. The predicted octanol–water partition coefficient (Wildman–Crippen LogP) is 9.64. The van der Waals surface area contributed by atoms with E-state index in [2.05, 4.69) is 84.3 Å². The zero-order chi connectivity index (χ0) is 28.8. The van der Waals surface area contributed by atoms with Gasteiger partial charge in [0.05, 0.1) is 17.2 Å². The van der Waals surface area contributed by atoms with E-state index in [9.17, 15) is 5.26 Å². The van der Waals surface area contributed by atoms with E-state index in [-0.39, 0.29) is 0 Å². The Morgan fingerprint density at radius 1 is 0.756 bits per heavy atom. The van der Waals surface area contributed by atoms with Gasteiger partial charge in [-0.2, -0.15) is 5.26 Å². The normalized spacial score (nSPS) is 15.1. The highest BCUT2D eigenvalue weighted by Crippen LogP contribution is 2.42. The topological polar surface area (TPSA) is 40.8 Å². The van der Waals surface area contributed by atoms with E-state index in [0.717, 1.165) is 92.3 Å². The lowest BCUT2D eigenvalue weighted by molar-refractivity contribution is -0.660. The quantitative estimate of drug-likeness (QED) is 0.211. The Hall–Kier alpha value is -4.68. The van der Waals surface area contributed by atoms with Crippen molar-refractivity contribution in [3.05, 3.63) is 114 Å². The van der Waals surface area contributed by atoms with Crippen molar-refractivity contribution in [2.24, 2.45) is 7.05 Å². The van der Waals surface area contributed by atoms with Crippen molar-refractivity contribution < 1.29 is 10.4 Å². The van der Waals surface area contributed by atoms with Crippen LogP contribution < -0.4 is 4.57 Å². The first-order valence-electron chi connectivity index (χ1n) is 15.0. The lowest BCUT2D eigenvalue weighted by atomic mass is 9.83. The van der Waals surface area contributed by atoms with Crippen LogP contribution in [0.1, 0.15) is 56.1 Å². The Balaban J connectivity index is 1.32. The van der Waals surface area contributed by atoms with Crippen molar-refractivity contribution in [2.75, 3.05) is 0 Å². The molecule has 3 nitrogen and oxygen atoms in total. The van der Waals surface area contributed by atoms with Gasteiger partial charge >= 0.3 is 0 Å². The molecule has 1 aliphatic rings. The summed E-state index contributed by atoms with van der Waals surface area (Å²) in [4.78, 5) is 0. The number of aryl methyl sites for hydroxylation is 2. The van der Waals surface area contributed by atoms with Gasteiger partial charge in [0, 0.05) is 29.8 Å². The van der Waals surface area contributed by atoms with E-state index in [1.54, 1.807) is 0 Å². The highest BCUT2D eigenvalue weighted by atomic mass is 16.3. The van der Waals surface area contributed by atoms with Gasteiger partial charge in [-0.3, -0.25) is 0 Å². The summed E-state index contributed by atoms with van der Waals surface area (Å²) < 4.78 is 17.8. The first-order chi connectivity index (χ1) is 20.5. The zero-order valence-corrected chi connectivity index (χ0v) is 23.6. The van der Waals surface area contributed by atoms with Crippen molar-refractivity contribution in [3.8, 4) is 39.6 Å². The van der Waals surface area contributed by atoms with Gasteiger partial charge in [0.1, 0.15) is 18.2 Å². The highest BCUT2D eigenvalue weighted by Gasteiger charge is 2.23. The SMILES string of the molecule is [2H]C1(c2ccc(-c3ccc(-c4c(C#N)ccc5c4oc4c(-c6cccc[n+]6C)c(C)ccc45)cc3)cc2)CCCCC1. The van der Waals surface area contributed by atoms with Crippen molar-refractivity contribution in [1.82, 2.24) is 0 Å². The van der Waals surface area contributed by atoms with E-state index < -0.39 is 5.89 Å². The van der Waals surface area contributed by atoms with Gasteiger partial charge < -0.3 is 4.42 Å².